The fraction of sp³-hybridized carbons (Fsp3) is 0.600. The van der Waals surface area contributed by atoms with E-state index in [1.807, 2.05) is 19.1 Å². The van der Waals surface area contributed by atoms with Gasteiger partial charge in [-0.25, -0.2) is 4.79 Å². The van der Waals surface area contributed by atoms with Gasteiger partial charge in [0.25, 0.3) is 0 Å². The van der Waals surface area contributed by atoms with Crippen LogP contribution in [0.15, 0.2) is 24.3 Å². The zero-order valence-corrected chi connectivity index (χ0v) is 16.0. The summed E-state index contributed by atoms with van der Waals surface area (Å²) in [6, 6.07) is 6.73. The van der Waals surface area contributed by atoms with E-state index in [0.717, 1.165) is 44.5 Å². The highest BCUT2D eigenvalue weighted by Gasteiger charge is 2.27. The van der Waals surface area contributed by atoms with Crippen molar-refractivity contribution >= 4 is 17.6 Å². The summed E-state index contributed by atoms with van der Waals surface area (Å²) in [4.78, 5) is 28.7. The zero-order valence-electron chi connectivity index (χ0n) is 16.0. The number of nitrogens with one attached hydrogen (secondary N) is 2. The van der Waals surface area contributed by atoms with Gasteiger partial charge in [-0.15, -0.1) is 0 Å². The highest BCUT2D eigenvalue weighted by atomic mass is 16.3. The van der Waals surface area contributed by atoms with Crippen LogP contribution in [0.1, 0.15) is 39.0 Å². The molecule has 148 valence electrons. The van der Waals surface area contributed by atoms with E-state index in [4.69, 9.17) is 0 Å². The molecule has 7 nitrogen and oxygen atoms in total. The van der Waals surface area contributed by atoms with Crippen LogP contribution in [0.5, 0.6) is 5.75 Å². The van der Waals surface area contributed by atoms with Crippen molar-refractivity contribution in [2.75, 3.05) is 31.1 Å². The Bertz CT molecular complexity index is 652. The van der Waals surface area contributed by atoms with Gasteiger partial charge in [0.05, 0.1) is 11.7 Å². The Hall–Kier alpha value is -2.28. The highest BCUT2D eigenvalue weighted by Crippen LogP contribution is 2.27. The second-order valence-corrected chi connectivity index (χ2v) is 7.49. The summed E-state index contributed by atoms with van der Waals surface area (Å²) >= 11 is 0. The summed E-state index contributed by atoms with van der Waals surface area (Å²) in [7, 11) is 0. The molecule has 0 radical (unpaired) electrons. The number of phenols is 1. The molecular formula is C20H30N4O3. The largest absolute Gasteiger partial charge is 0.506 e. The number of rotatable bonds is 4. The summed E-state index contributed by atoms with van der Waals surface area (Å²) in [6.45, 7) is 4.69. The maximum Gasteiger partial charge on any atom is 0.321 e. The maximum absolute atomic E-state index is 12.4. The standard InChI is InChI=1S/C20H30N4O3/c1-15(19(26)22-20(27)21-16-7-3-2-4-8-16)23-11-13-24(14-12-23)17-9-5-6-10-18(17)25/h5-6,9-10,15-16,25H,2-4,7-8,11-14H2,1H3,(H2,21,22,26,27)/t15-/m0/s1. The molecule has 2 aliphatic rings. The number of phenolic OH excluding ortho intramolecular Hbond substituents is 1. The molecule has 1 saturated carbocycles. The van der Waals surface area contributed by atoms with Crippen LogP contribution in [0, 0.1) is 0 Å². The Morgan fingerprint density at radius 1 is 1.07 bits per heavy atom. The van der Waals surface area contributed by atoms with Crippen LogP contribution >= 0.6 is 0 Å². The topological polar surface area (TPSA) is 84.9 Å². The zero-order chi connectivity index (χ0) is 19.2. The Labute approximate surface area is 160 Å². The van der Waals surface area contributed by atoms with Gasteiger partial charge in [0.1, 0.15) is 5.75 Å². The second kappa shape index (κ2) is 9.08. The molecule has 27 heavy (non-hydrogen) atoms. The number of hydrogen-bond donors (Lipinski definition) is 3. The molecule has 3 N–H and O–H groups in total. The molecular weight excluding hydrogens is 344 g/mol. The van der Waals surface area contributed by atoms with E-state index in [0.29, 0.717) is 13.1 Å². The summed E-state index contributed by atoms with van der Waals surface area (Å²) < 4.78 is 0. The maximum atomic E-state index is 12.4. The third kappa shape index (κ3) is 5.13. The van der Waals surface area contributed by atoms with E-state index in [9.17, 15) is 14.7 Å². The molecule has 0 spiro atoms. The molecule has 1 aromatic carbocycles. The number of para-hydroxylation sites is 2. The molecule has 0 bridgehead atoms. The van der Waals surface area contributed by atoms with Crippen molar-refractivity contribution in [3.8, 4) is 5.75 Å². The lowest BCUT2D eigenvalue weighted by molar-refractivity contribution is -0.124. The molecule has 1 aromatic rings. The number of aromatic hydroxyl groups is 1. The fourth-order valence-electron chi connectivity index (χ4n) is 3.93. The third-order valence-corrected chi connectivity index (χ3v) is 5.64. The average Bonchev–Trinajstić information content (AvgIpc) is 2.68. The van der Waals surface area contributed by atoms with Gasteiger partial charge in [-0.2, -0.15) is 0 Å². The van der Waals surface area contributed by atoms with E-state index in [2.05, 4.69) is 20.4 Å². The van der Waals surface area contributed by atoms with E-state index in [1.165, 1.54) is 6.42 Å². The second-order valence-electron chi connectivity index (χ2n) is 7.49. The van der Waals surface area contributed by atoms with Gasteiger partial charge in [0.15, 0.2) is 0 Å². The summed E-state index contributed by atoms with van der Waals surface area (Å²) in [5.41, 5.74) is 0.820. The number of carbonyl (C=O) groups excluding carboxylic acids is 2. The lowest BCUT2D eigenvalue weighted by atomic mass is 9.96. The molecule has 1 heterocycles. The molecule has 2 fully saturated rings. The first kappa shape index (κ1) is 19.5. The summed E-state index contributed by atoms with van der Waals surface area (Å²) in [5.74, 6) is 0.00967. The van der Waals surface area contributed by atoms with Gasteiger partial charge in [-0.05, 0) is 31.9 Å². The number of amides is 3. The first-order chi connectivity index (χ1) is 13.0. The molecule has 0 aromatic heterocycles. The number of urea groups is 1. The van der Waals surface area contributed by atoms with E-state index < -0.39 is 0 Å². The minimum atomic E-state index is -0.383. The van der Waals surface area contributed by atoms with Gasteiger partial charge in [-0.3, -0.25) is 15.0 Å². The first-order valence-corrected chi connectivity index (χ1v) is 9.93. The Kier molecular flexibility index (Phi) is 6.55. The average molecular weight is 374 g/mol. The van der Waals surface area contributed by atoms with Crippen molar-refractivity contribution in [3.05, 3.63) is 24.3 Å². The number of nitrogens with zero attached hydrogens (tertiary/aromatic N) is 2. The van der Waals surface area contributed by atoms with Crippen LogP contribution in [0.3, 0.4) is 0 Å². The van der Waals surface area contributed by atoms with Crippen LogP contribution in [0.25, 0.3) is 0 Å². The molecule has 0 unspecified atom stereocenters. The first-order valence-electron chi connectivity index (χ1n) is 9.93. The minimum absolute atomic E-state index is 0.184. The van der Waals surface area contributed by atoms with Gasteiger partial charge < -0.3 is 15.3 Å². The Morgan fingerprint density at radius 3 is 2.41 bits per heavy atom. The van der Waals surface area contributed by atoms with E-state index >= 15 is 0 Å². The Balaban J connectivity index is 1.45. The number of benzene rings is 1. The van der Waals surface area contributed by atoms with Crippen LogP contribution in [0.2, 0.25) is 0 Å². The van der Waals surface area contributed by atoms with Crippen molar-refractivity contribution < 1.29 is 14.7 Å². The van der Waals surface area contributed by atoms with Crippen molar-refractivity contribution in [3.63, 3.8) is 0 Å². The fourth-order valence-corrected chi connectivity index (χ4v) is 3.93. The summed E-state index contributed by atoms with van der Waals surface area (Å²) in [5, 5.41) is 15.4. The third-order valence-electron chi connectivity index (χ3n) is 5.64. The smallest absolute Gasteiger partial charge is 0.321 e. The van der Waals surface area contributed by atoms with Gasteiger partial charge in [-0.1, -0.05) is 31.4 Å². The SMILES string of the molecule is C[C@@H](C(=O)NC(=O)NC1CCCCC1)N1CCN(c2ccccc2O)CC1. The van der Waals surface area contributed by atoms with E-state index in [-0.39, 0.29) is 29.8 Å². The predicted octanol–water partition coefficient (Wildman–Crippen LogP) is 2.06. The van der Waals surface area contributed by atoms with Crippen molar-refractivity contribution in [1.82, 2.24) is 15.5 Å². The molecule has 1 aliphatic heterocycles. The van der Waals surface area contributed by atoms with Crippen LogP contribution in [-0.4, -0.2) is 60.2 Å². The van der Waals surface area contributed by atoms with Gasteiger partial charge >= 0.3 is 6.03 Å². The Morgan fingerprint density at radius 2 is 1.74 bits per heavy atom. The van der Waals surface area contributed by atoms with Crippen LogP contribution in [0.4, 0.5) is 10.5 Å². The molecule has 3 rings (SSSR count). The quantitative estimate of drug-likeness (QED) is 0.751. The monoisotopic (exact) mass is 374 g/mol. The number of piperazine rings is 1. The van der Waals surface area contributed by atoms with Gasteiger partial charge in [0, 0.05) is 32.2 Å². The number of hydrogen-bond acceptors (Lipinski definition) is 5. The predicted molar refractivity (Wildman–Crippen MR) is 105 cm³/mol. The number of imide groups is 1. The minimum Gasteiger partial charge on any atom is -0.506 e. The lowest BCUT2D eigenvalue weighted by Crippen LogP contribution is -2.56. The van der Waals surface area contributed by atoms with Crippen LogP contribution < -0.4 is 15.5 Å². The van der Waals surface area contributed by atoms with Gasteiger partial charge in [0.2, 0.25) is 5.91 Å². The number of carbonyl (C=O) groups is 2. The van der Waals surface area contributed by atoms with Crippen molar-refractivity contribution in [1.29, 1.82) is 0 Å². The molecule has 7 heteroatoms. The summed E-state index contributed by atoms with van der Waals surface area (Å²) in [6.07, 6.45) is 5.48. The lowest BCUT2D eigenvalue weighted by Gasteiger charge is -2.38. The van der Waals surface area contributed by atoms with Crippen LogP contribution in [-0.2, 0) is 4.79 Å². The van der Waals surface area contributed by atoms with E-state index in [1.54, 1.807) is 12.1 Å². The normalized spacial score (nSPS) is 20.1. The molecule has 3 amide bonds. The van der Waals surface area contributed by atoms with Crippen molar-refractivity contribution in [2.24, 2.45) is 0 Å². The molecule has 1 saturated heterocycles. The highest BCUT2D eigenvalue weighted by molar-refractivity contribution is 5.96. The molecule has 1 atom stereocenters. The molecule has 1 aliphatic carbocycles. The van der Waals surface area contributed by atoms with Crippen molar-refractivity contribution in [2.45, 2.75) is 51.1 Å². The number of anilines is 1.